The van der Waals surface area contributed by atoms with E-state index in [1.165, 1.54) is 0 Å². The number of pyridine rings is 1. The van der Waals surface area contributed by atoms with Crippen LogP contribution in [0.15, 0.2) is 12.1 Å². The van der Waals surface area contributed by atoms with Crippen molar-refractivity contribution in [2.45, 2.75) is 38.3 Å². The van der Waals surface area contributed by atoms with Gasteiger partial charge in [0.15, 0.2) is 0 Å². The summed E-state index contributed by atoms with van der Waals surface area (Å²) >= 11 is 0. The first-order chi connectivity index (χ1) is 9.88. The minimum atomic E-state index is -4.63. The molecule has 1 heterocycles. The maximum absolute atomic E-state index is 12.6. The fraction of sp³-hybridized carbons (Fsp3) is 0.571. The van der Waals surface area contributed by atoms with E-state index in [-0.39, 0.29) is 18.1 Å². The molecule has 0 unspecified atom stereocenters. The summed E-state index contributed by atoms with van der Waals surface area (Å²) < 4.78 is 43.2. The van der Waals surface area contributed by atoms with Crippen molar-refractivity contribution in [3.05, 3.63) is 23.4 Å². The number of carboxylic acid groups (broad SMARTS) is 1. The van der Waals surface area contributed by atoms with Crippen molar-refractivity contribution in [1.82, 2.24) is 4.98 Å². The average molecular weight is 303 g/mol. The lowest BCUT2D eigenvalue weighted by atomic mass is 9.90. The van der Waals surface area contributed by atoms with E-state index >= 15 is 0 Å². The maximum Gasteiger partial charge on any atom is 0.433 e. The molecule has 0 atom stereocenters. The molecular weight excluding hydrogens is 287 g/mol. The molecule has 0 radical (unpaired) electrons. The largest absolute Gasteiger partial charge is 0.477 e. The summed E-state index contributed by atoms with van der Waals surface area (Å²) in [6.45, 7) is 0.203. The van der Waals surface area contributed by atoms with Gasteiger partial charge in [0.25, 0.3) is 0 Å². The van der Waals surface area contributed by atoms with Crippen LogP contribution in [0, 0.1) is 5.92 Å². The van der Waals surface area contributed by atoms with E-state index in [4.69, 9.17) is 9.84 Å². The number of hydrogen-bond acceptors (Lipinski definition) is 3. The third-order valence-corrected chi connectivity index (χ3v) is 3.56. The number of rotatable bonds is 4. The van der Waals surface area contributed by atoms with Crippen LogP contribution in [-0.4, -0.2) is 22.7 Å². The van der Waals surface area contributed by atoms with E-state index in [0.717, 1.165) is 38.2 Å². The molecule has 1 aromatic rings. The second kappa shape index (κ2) is 6.32. The highest BCUT2D eigenvalue weighted by Crippen LogP contribution is 2.31. The minimum absolute atomic E-state index is 0.203. The molecule has 1 saturated carbocycles. The van der Waals surface area contributed by atoms with Gasteiger partial charge in [-0.05, 0) is 30.9 Å². The van der Waals surface area contributed by atoms with Crippen LogP contribution >= 0.6 is 0 Å². The Morgan fingerprint density at radius 2 is 1.95 bits per heavy atom. The van der Waals surface area contributed by atoms with Gasteiger partial charge in [-0.25, -0.2) is 9.78 Å². The summed E-state index contributed by atoms with van der Waals surface area (Å²) in [5, 5.41) is 9.00. The Kier molecular flexibility index (Phi) is 4.69. The number of nitrogens with zero attached hydrogens (tertiary/aromatic N) is 1. The van der Waals surface area contributed by atoms with Crippen molar-refractivity contribution in [3.8, 4) is 5.88 Å². The first-order valence-corrected chi connectivity index (χ1v) is 6.82. The molecule has 1 aliphatic carbocycles. The Hall–Kier alpha value is -1.79. The second-order valence-corrected chi connectivity index (χ2v) is 5.17. The first kappa shape index (κ1) is 15.6. The number of carboxylic acids is 1. The summed E-state index contributed by atoms with van der Waals surface area (Å²) in [4.78, 5) is 14.4. The van der Waals surface area contributed by atoms with E-state index < -0.39 is 23.7 Å². The molecular formula is C14H16F3NO3. The van der Waals surface area contributed by atoms with Crippen LogP contribution in [-0.2, 0) is 6.18 Å². The summed E-state index contributed by atoms with van der Waals surface area (Å²) in [5.41, 5.74) is -1.50. The molecule has 21 heavy (non-hydrogen) atoms. The topological polar surface area (TPSA) is 59.4 Å². The van der Waals surface area contributed by atoms with E-state index in [9.17, 15) is 18.0 Å². The highest BCUT2D eigenvalue weighted by atomic mass is 19.4. The normalized spacial score (nSPS) is 16.7. The Labute approximate surface area is 119 Å². The van der Waals surface area contributed by atoms with Gasteiger partial charge < -0.3 is 9.84 Å². The standard InChI is InChI=1S/C14H16F3NO3/c15-14(16,17)11-7-6-10(13(19)20)12(18-11)21-8-9-4-2-1-3-5-9/h6-7,9H,1-5,8H2,(H,19,20). The molecule has 1 aliphatic rings. The molecule has 4 nitrogen and oxygen atoms in total. The number of ether oxygens (including phenoxy) is 1. The number of alkyl halides is 3. The van der Waals surface area contributed by atoms with Gasteiger partial charge in [-0.3, -0.25) is 0 Å². The van der Waals surface area contributed by atoms with Crippen molar-refractivity contribution in [3.63, 3.8) is 0 Å². The average Bonchev–Trinajstić information content (AvgIpc) is 2.45. The Balaban J connectivity index is 2.16. The minimum Gasteiger partial charge on any atom is -0.477 e. The monoisotopic (exact) mass is 303 g/mol. The third kappa shape index (κ3) is 4.09. The molecule has 7 heteroatoms. The van der Waals surface area contributed by atoms with Gasteiger partial charge in [0.1, 0.15) is 11.3 Å². The van der Waals surface area contributed by atoms with Crippen LogP contribution in [0.5, 0.6) is 5.88 Å². The molecule has 116 valence electrons. The number of halogens is 3. The molecule has 0 spiro atoms. The Morgan fingerprint density at radius 3 is 2.52 bits per heavy atom. The molecule has 0 aromatic carbocycles. The van der Waals surface area contributed by atoms with E-state index in [1.54, 1.807) is 0 Å². The van der Waals surface area contributed by atoms with Gasteiger partial charge in [0.2, 0.25) is 5.88 Å². The number of aromatic nitrogens is 1. The van der Waals surface area contributed by atoms with Crippen molar-refractivity contribution in [1.29, 1.82) is 0 Å². The zero-order valence-corrected chi connectivity index (χ0v) is 11.3. The second-order valence-electron chi connectivity index (χ2n) is 5.17. The van der Waals surface area contributed by atoms with Crippen molar-refractivity contribution in [2.75, 3.05) is 6.61 Å². The zero-order chi connectivity index (χ0) is 15.5. The molecule has 1 aromatic heterocycles. The smallest absolute Gasteiger partial charge is 0.433 e. The van der Waals surface area contributed by atoms with Crippen LogP contribution < -0.4 is 4.74 Å². The Bertz CT molecular complexity index is 511. The third-order valence-electron chi connectivity index (χ3n) is 3.56. The van der Waals surface area contributed by atoms with Gasteiger partial charge in [-0.2, -0.15) is 13.2 Å². The maximum atomic E-state index is 12.6. The summed E-state index contributed by atoms with van der Waals surface area (Å²) in [6, 6.07) is 1.53. The molecule has 1 fully saturated rings. The molecule has 1 N–H and O–H groups in total. The van der Waals surface area contributed by atoms with Gasteiger partial charge in [0.05, 0.1) is 6.61 Å². The highest BCUT2D eigenvalue weighted by Gasteiger charge is 2.34. The van der Waals surface area contributed by atoms with Gasteiger partial charge in [-0.15, -0.1) is 0 Å². The highest BCUT2D eigenvalue weighted by molar-refractivity contribution is 5.90. The zero-order valence-electron chi connectivity index (χ0n) is 11.3. The molecule has 0 saturated heterocycles. The van der Waals surface area contributed by atoms with Crippen molar-refractivity contribution in [2.24, 2.45) is 5.92 Å². The van der Waals surface area contributed by atoms with Gasteiger partial charge in [0, 0.05) is 0 Å². The van der Waals surface area contributed by atoms with E-state index in [2.05, 4.69) is 4.98 Å². The fourth-order valence-electron chi connectivity index (χ4n) is 2.42. The lowest BCUT2D eigenvalue weighted by molar-refractivity contribution is -0.141. The number of carbonyl (C=O) groups is 1. The van der Waals surface area contributed by atoms with Crippen LogP contribution in [0.2, 0.25) is 0 Å². The lowest BCUT2D eigenvalue weighted by Crippen LogP contribution is -2.18. The first-order valence-electron chi connectivity index (χ1n) is 6.82. The molecule has 0 amide bonds. The van der Waals surface area contributed by atoms with Crippen molar-refractivity contribution >= 4 is 5.97 Å². The van der Waals surface area contributed by atoms with Crippen LogP contribution in [0.3, 0.4) is 0 Å². The van der Waals surface area contributed by atoms with E-state index in [0.29, 0.717) is 6.07 Å². The predicted octanol–water partition coefficient (Wildman–Crippen LogP) is 3.76. The SMILES string of the molecule is O=C(O)c1ccc(C(F)(F)F)nc1OCC1CCCCC1. The fourth-order valence-corrected chi connectivity index (χ4v) is 2.42. The molecule has 0 bridgehead atoms. The van der Waals surface area contributed by atoms with Gasteiger partial charge >= 0.3 is 12.1 Å². The van der Waals surface area contributed by atoms with Crippen LogP contribution in [0.4, 0.5) is 13.2 Å². The van der Waals surface area contributed by atoms with E-state index in [1.807, 2.05) is 0 Å². The number of hydrogen-bond donors (Lipinski definition) is 1. The van der Waals surface area contributed by atoms with Crippen LogP contribution in [0.25, 0.3) is 0 Å². The molecule has 2 rings (SSSR count). The quantitative estimate of drug-likeness (QED) is 0.920. The summed E-state index contributed by atoms with van der Waals surface area (Å²) in [6.07, 6.45) is 0.549. The summed E-state index contributed by atoms with van der Waals surface area (Å²) in [5.74, 6) is -1.56. The number of aromatic carboxylic acids is 1. The van der Waals surface area contributed by atoms with Crippen molar-refractivity contribution < 1.29 is 27.8 Å². The predicted molar refractivity (Wildman–Crippen MR) is 68.3 cm³/mol. The summed E-state index contributed by atoms with van der Waals surface area (Å²) in [7, 11) is 0. The lowest BCUT2D eigenvalue weighted by Gasteiger charge is -2.22. The van der Waals surface area contributed by atoms with Crippen LogP contribution in [0.1, 0.15) is 48.2 Å². The Morgan fingerprint density at radius 1 is 1.29 bits per heavy atom. The molecule has 0 aliphatic heterocycles. The van der Waals surface area contributed by atoms with Gasteiger partial charge in [-0.1, -0.05) is 19.3 Å².